The lowest BCUT2D eigenvalue weighted by Crippen LogP contribution is -2.24. The van der Waals surface area contributed by atoms with Gasteiger partial charge in [0.1, 0.15) is 11.1 Å². The summed E-state index contributed by atoms with van der Waals surface area (Å²) in [5.74, 6) is 0.127. The highest BCUT2D eigenvalue weighted by atomic mass is 32.2. The van der Waals surface area contributed by atoms with Crippen molar-refractivity contribution in [2.45, 2.75) is 19.1 Å². The molecule has 0 radical (unpaired) electrons. The molecule has 1 rings (SSSR count). The molecule has 0 aromatic heterocycles. The Kier molecular flexibility index (Phi) is 5.74. The topological polar surface area (TPSA) is 83.5 Å². The molecule has 2 atom stereocenters. The molecule has 0 aliphatic carbocycles. The number of thiocarbonyl (C=S) groups is 1. The van der Waals surface area contributed by atoms with Crippen molar-refractivity contribution < 1.29 is 15.0 Å². The van der Waals surface area contributed by atoms with Gasteiger partial charge in [0.2, 0.25) is 0 Å². The number of hydrogen-bond donors (Lipinski definition) is 3. The maximum atomic E-state index is 10.8. The highest BCUT2D eigenvalue weighted by Gasteiger charge is 2.22. The summed E-state index contributed by atoms with van der Waals surface area (Å²) in [6, 6.07) is 6.82. The minimum Gasteiger partial charge on any atom is -0.389 e. The van der Waals surface area contributed by atoms with E-state index in [1.165, 1.54) is 6.92 Å². The summed E-state index contributed by atoms with van der Waals surface area (Å²) < 4.78 is 0. The Bertz CT molecular complexity index is 451. The molecule has 4 nitrogen and oxygen atoms in total. The molecule has 0 spiro atoms. The number of carbonyl (C=O) groups is 1. The largest absolute Gasteiger partial charge is 0.389 e. The zero-order valence-electron chi connectivity index (χ0n) is 9.87. The van der Waals surface area contributed by atoms with Gasteiger partial charge in [-0.05, 0) is 5.56 Å². The Balaban J connectivity index is 2.86. The average molecular weight is 285 g/mol. The predicted octanol–water partition coefficient (Wildman–Crippen LogP) is 0.995. The first kappa shape index (κ1) is 15.1. The van der Waals surface area contributed by atoms with E-state index >= 15 is 0 Å². The van der Waals surface area contributed by atoms with Crippen LogP contribution in [0.15, 0.2) is 24.3 Å². The minimum absolute atomic E-state index is 0.108. The summed E-state index contributed by atoms with van der Waals surface area (Å²) in [6.45, 7) is 1.41. The quantitative estimate of drug-likeness (QED) is 0.700. The van der Waals surface area contributed by atoms with E-state index in [9.17, 15) is 15.0 Å². The lowest BCUT2D eigenvalue weighted by atomic mass is 9.99. The highest BCUT2D eigenvalue weighted by molar-refractivity contribution is 8.13. The highest BCUT2D eigenvalue weighted by Crippen LogP contribution is 2.23. The Morgan fingerprint density at radius 3 is 2.61 bits per heavy atom. The first-order chi connectivity index (χ1) is 8.43. The fourth-order valence-electron chi connectivity index (χ4n) is 1.48. The number of hydrogen-bond acceptors (Lipinski definition) is 5. The molecule has 0 aliphatic rings. The number of nitrogens with two attached hydrogens (primary N) is 1. The van der Waals surface area contributed by atoms with Crippen LogP contribution in [-0.4, -0.2) is 32.2 Å². The number of aliphatic hydroxyl groups is 2. The summed E-state index contributed by atoms with van der Waals surface area (Å²) in [5, 5.41) is 19.8. The first-order valence-corrected chi connectivity index (χ1v) is 6.71. The fourth-order valence-corrected chi connectivity index (χ4v) is 2.25. The van der Waals surface area contributed by atoms with Crippen molar-refractivity contribution in [2.24, 2.45) is 5.73 Å². The van der Waals surface area contributed by atoms with Crippen LogP contribution >= 0.6 is 24.0 Å². The van der Waals surface area contributed by atoms with Crippen molar-refractivity contribution in [2.75, 3.05) is 5.75 Å². The molecule has 18 heavy (non-hydrogen) atoms. The number of carbonyl (C=O) groups excluding carboxylic acids is 1. The van der Waals surface area contributed by atoms with E-state index < -0.39 is 12.2 Å². The van der Waals surface area contributed by atoms with Crippen molar-refractivity contribution in [3.05, 3.63) is 35.4 Å². The van der Waals surface area contributed by atoms with Gasteiger partial charge in [-0.2, -0.15) is 0 Å². The third-order valence-electron chi connectivity index (χ3n) is 2.37. The summed E-state index contributed by atoms with van der Waals surface area (Å²) in [7, 11) is 0. The standard InChI is InChI=1S/C12H15NO3S2/c1-7(14)18-6-10(15)11(16)8-4-2-3-5-9(8)12(13)17/h2-5,10-11,15-16H,6H2,1H3,(H2,13,17). The molecule has 0 fully saturated rings. The van der Waals surface area contributed by atoms with E-state index in [0.29, 0.717) is 11.1 Å². The van der Waals surface area contributed by atoms with Crippen LogP contribution in [0.1, 0.15) is 24.2 Å². The molecule has 0 aliphatic heterocycles. The molecule has 98 valence electrons. The SMILES string of the molecule is CC(=O)SCC(O)C(O)c1ccccc1C(N)=S. The minimum atomic E-state index is -1.12. The van der Waals surface area contributed by atoms with Gasteiger partial charge in [0.25, 0.3) is 0 Å². The first-order valence-electron chi connectivity index (χ1n) is 5.31. The average Bonchev–Trinajstić information content (AvgIpc) is 2.34. The van der Waals surface area contributed by atoms with Gasteiger partial charge in [-0.25, -0.2) is 0 Å². The van der Waals surface area contributed by atoms with Crippen LogP contribution in [0.25, 0.3) is 0 Å². The van der Waals surface area contributed by atoms with Gasteiger partial charge >= 0.3 is 0 Å². The van der Waals surface area contributed by atoms with Crippen LogP contribution in [0.3, 0.4) is 0 Å². The zero-order chi connectivity index (χ0) is 13.7. The van der Waals surface area contributed by atoms with Gasteiger partial charge in [-0.15, -0.1) is 0 Å². The summed E-state index contributed by atoms with van der Waals surface area (Å²) in [5.41, 5.74) is 6.56. The molecule has 4 N–H and O–H groups in total. The Labute approximate surface area is 115 Å². The normalized spacial score (nSPS) is 13.9. The molecule has 2 unspecified atom stereocenters. The molecule has 0 amide bonds. The maximum absolute atomic E-state index is 10.8. The van der Waals surface area contributed by atoms with Crippen LogP contribution < -0.4 is 5.73 Å². The number of benzene rings is 1. The molecule has 0 heterocycles. The van der Waals surface area contributed by atoms with Crippen LogP contribution in [0.5, 0.6) is 0 Å². The van der Waals surface area contributed by atoms with Crippen LogP contribution in [0.2, 0.25) is 0 Å². The summed E-state index contributed by atoms with van der Waals surface area (Å²) in [6.07, 6.45) is -2.16. The Morgan fingerprint density at radius 2 is 2.06 bits per heavy atom. The monoisotopic (exact) mass is 285 g/mol. The van der Waals surface area contributed by atoms with Crippen molar-refractivity contribution in [3.8, 4) is 0 Å². The Hall–Kier alpha value is -0.950. The lowest BCUT2D eigenvalue weighted by Gasteiger charge is -2.19. The fraction of sp³-hybridized carbons (Fsp3) is 0.333. The van der Waals surface area contributed by atoms with E-state index in [-0.39, 0.29) is 15.9 Å². The number of aliphatic hydroxyl groups excluding tert-OH is 2. The van der Waals surface area contributed by atoms with Crippen molar-refractivity contribution in [1.82, 2.24) is 0 Å². The second-order valence-electron chi connectivity index (χ2n) is 3.77. The van der Waals surface area contributed by atoms with Gasteiger partial charge < -0.3 is 15.9 Å². The van der Waals surface area contributed by atoms with E-state index in [0.717, 1.165) is 11.8 Å². The number of thioether (sulfide) groups is 1. The summed E-state index contributed by atoms with van der Waals surface area (Å²) in [4.78, 5) is 11.0. The zero-order valence-corrected chi connectivity index (χ0v) is 11.5. The van der Waals surface area contributed by atoms with Crippen LogP contribution in [-0.2, 0) is 4.79 Å². The predicted molar refractivity (Wildman–Crippen MR) is 76.4 cm³/mol. The van der Waals surface area contributed by atoms with Crippen LogP contribution in [0, 0.1) is 0 Å². The molecule has 0 saturated carbocycles. The van der Waals surface area contributed by atoms with Crippen molar-refractivity contribution in [3.63, 3.8) is 0 Å². The van der Waals surface area contributed by atoms with E-state index in [2.05, 4.69) is 0 Å². The second-order valence-corrected chi connectivity index (χ2v) is 5.40. The maximum Gasteiger partial charge on any atom is 0.185 e. The Morgan fingerprint density at radius 1 is 1.44 bits per heavy atom. The molecular formula is C12H15NO3S2. The van der Waals surface area contributed by atoms with Gasteiger partial charge in [0.05, 0.1) is 6.10 Å². The van der Waals surface area contributed by atoms with Crippen molar-refractivity contribution in [1.29, 1.82) is 0 Å². The third kappa shape index (κ3) is 4.06. The number of rotatable bonds is 5. The molecule has 1 aromatic carbocycles. The van der Waals surface area contributed by atoms with Gasteiger partial charge in [0, 0.05) is 18.2 Å². The second kappa shape index (κ2) is 6.84. The van der Waals surface area contributed by atoms with E-state index in [1.54, 1.807) is 24.3 Å². The molecule has 6 heteroatoms. The van der Waals surface area contributed by atoms with Gasteiger partial charge in [0.15, 0.2) is 5.12 Å². The van der Waals surface area contributed by atoms with Crippen LogP contribution in [0.4, 0.5) is 0 Å². The summed E-state index contributed by atoms with van der Waals surface area (Å²) >= 11 is 5.85. The van der Waals surface area contributed by atoms with Gasteiger partial charge in [-0.1, -0.05) is 48.2 Å². The third-order valence-corrected chi connectivity index (χ3v) is 3.50. The van der Waals surface area contributed by atoms with Crippen molar-refractivity contribution >= 4 is 34.1 Å². The smallest absolute Gasteiger partial charge is 0.185 e. The van der Waals surface area contributed by atoms with E-state index in [4.69, 9.17) is 18.0 Å². The van der Waals surface area contributed by atoms with E-state index in [1.807, 2.05) is 0 Å². The molecule has 0 bridgehead atoms. The molecule has 1 aromatic rings. The van der Waals surface area contributed by atoms with Gasteiger partial charge in [-0.3, -0.25) is 4.79 Å². The molecular weight excluding hydrogens is 270 g/mol. The lowest BCUT2D eigenvalue weighted by molar-refractivity contribution is -0.109. The molecule has 0 saturated heterocycles.